The van der Waals surface area contributed by atoms with Crippen molar-refractivity contribution in [2.45, 2.75) is 83.1 Å². The molecule has 126 heavy (non-hydrogen) atoms. The van der Waals surface area contributed by atoms with E-state index in [1.807, 2.05) is 177 Å². The lowest BCUT2D eigenvalue weighted by molar-refractivity contribution is -0.663. The summed E-state index contributed by atoms with van der Waals surface area (Å²) in [6.45, 7) is 23.7. The maximum atomic E-state index is 5.96. The second kappa shape index (κ2) is 32.2. The zero-order chi connectivity index (χ0) is 87.4. The van der Waals surface area contributed by atoms with Crippen molar-refractivity contribution in [3.63, 3.8) is 0 Å². The van der Waals surface area contributed by atoms with Crippen LogP contribution in [0.1, 0.15) is 67.8 Å². The molecule has 0 bridgehead atoms. The molecule has 0 radical (unpaired) electrons. The predicted molar refractivity (Wildman–Crippen MR) is 479 cm³/mol. The van der Waals surface area contributed by atoms with Crippen LogP contribution in [-0.2, 0) is 42.3 Å². The molecule has 24 rings (SSSR count). The number of fused-ring (bicyclic) bond motifs is 18. The molecule has 0 N–H and O–H groups in total. The minimum absolute atomic E-state index is 0.473. The van der Waals surface area contributed by atoms with Crippen LogP contribution in [0.5, 0.6) is 0 Å². The van der Waals surface area contributed by atoms with Crippen molar-refractivity contribution in [2.75, 3.05) is 0 Å². The molecule has 0 spiro atoms. The second-order valence-electron chi connectivity index (χ2n) is 31.3. The Hall–Kier alpha value is -15.2. The Bertz CT molecular complexity index is 7600. The SMILES string of the molecule is Cc1nc2c(o1)oc1c(-c3ccnc[n+]3C)c(C)ccc12.Cc1nc2c(o1)oc1c(-c3cncc[n+]3C)c(C)ccc12.Cc1nc2c(o1)oc1cc(-c3ccnc[n+]3C)c(C)cc12.Cc1nc2c(s1)sc1cc(-c3cccc[n+]3C)c(C)cc12.Cc1nc2oc3c(-c4ccnc[n+]4C)c(C)ccc3c2o1.Cc1nc2oc3c(-c4cncc[n+]4C)c(C)ccc3c2o1. The largest absolute Gasteiger partial charge is 0.437 e. The van der Waals surface area contributed by atoms with Crippen molar-refractivity contribution < 1.29 is 71.6 Å². The second-order valence-corrected chi connectivity index (χ2v) is 33.8. The third kappa shape index (κ3) is 14.5. The monoisotopic (exact) mass is 1710 g/mol. The summed E-state index contributed by atoms with van der Waals surface area (Å²) in [5.41, 5.74) is 29.9. The van der Waals surface area contributed by atoms with Crippen molar-refractivity contribution in [3.05, 3.63) is 258 Å². The quantitative estimate of drug-likeness (QED) is 0.140. The lowest BCUT2D eigenvalue weighted by Gasteiger charge is -2.06. The van der Waals surface area contributed by atoms with Crippen molar-refractivity contribution in [3.8, 4) is 67.5 Å². The van der Waals surface area contributed by atoms with Gasteiger partial charge in [-0.15, -0.1) is 22.7 Å². The number of aromatic nitrogens is 17. The summed E-state index contributed by atoms with van der Waals surface area (Å²) >= 11 is 3.64. The number of oxazole rings is 5. The number of thiophene rings is 1. The van der Waals surface area contributed by atoms with Gasteiger partial charge in [-0.3, -0.25) is 9.97 Å². The third-order valence-corrected chi connectivity index (χ3v) is 24.6. The van der Waals surface area contributed by atoms with Gasteiger partial charge in [-0.1, -0.05) is 39.2 Å². The van der Waals surface area contributed by atoms with E-state index in [0.717, 1.165) is 161 Å². The Kier molecular flexibility index (Phi) is 20.6. The number of furan rings is 5. The zero-order valence-corrected chi connectivity index (χ0v) is 74.0. The summed E-state index contributed by atoms with van der Waals surface area (Å²) in [7, 11) is 12.0. The minimum atomic E-state index is 0.473. The summed E-state index contributed by atoms with van der Waals surface area (Å²) in [4.78, 5) is 47.3. The number of aryl methyl sites for hydroxylation is 18. The summed E-state index contributed by atoms with van der Waals surface area (Å²) in [6.07, 6.45) is 23.8. The Morgan fingerprint density at radius 3 is 1.15 bits per heavy atom. The van der Waals surface area contributed by atoms with E-state index in [0.29, 0.717) is 69.4 Å². The standard InChI is InChI=1S/C17H15N2S2.5C16H14N3O2/c1-10-8-13-15(21-17-16(13)18-11(2)20-17)9-12(10)14-6-4-5-7-19(14)3;1-9-6-12-14(21-16-15(12)18-10(2)20-16)7-11(9)13-4-5-17-8-19(13)3;1-9-4-5-11-14-16(20-10(2)18-14)21-15(11)13(9)12-8-17-6-7-19(12)3;1-9-4-5-11-14(21-16-15(11)20-10(2)18-16)13(9)12-8-17-6-7-19(12)3;1-9-4-5-11-14-16(20-10(2)18-14)21-15(11)13(9)12-6-7-17-8-19(12)3;1-9-4-5-11-14(21-16-15(11)20-10(2)18-16)13(9)12-6-7-17-8-19(12)3/h4-9H,1-3H3;5*4-8H,1-3H3/q6*+1. The molecular formula is C97H85N17O10S2+6. The van der Waals surface area contributed by atoms with Gasteiger partial charge >= 0.3 is 17.3 Å². The van der Waals surface area contributed by atoms with Crippen molar-refractivity contribution in [1.82, 2.24) is 54.8 Å². The fourth-order valence-electron chi connectivity index (χ4n) is 16.3. The summed E-state index contributed by atoms with van der Waals surface area (Å²) in [6, 6.07) is 37.4. The molecule has 0 aliphatic rings. The fraction of sp³-hybridized carbons (Fsp3) is 0.186. The van der Waals surface area contributed by atoms with Gasteiger partial charge in [0.1, 0.15) is 71.9 Å². The molecule has 0 saturated carbocycles. The number of thiazole rings is 1. The van der Waals surface area contributed by atoms with E-state index >= 15 is 0 Å². The van der Waals surface area contributed by atoms with Crippen LogP contribution in [0.25, 0.3) is 198 Å². The molecule has 624 valence electrons. The molecule has 24 aromatic rings. The maximum Gasteiger partial charge on any atom is 0.319 e. The van der Waals surface area contributed by atoms with Crippen LogP contribution < -0.4 is 27.4 Å². The lowest BCUT2D eigenvalue weighted by Crippen LogP contribution is -2.31. The van der Waals surface area contributed by atoms with E-state index in [1.165, 1.54) is 36.4 Å². The van der Waals surface area contributed by atoms with E-state index in [9.17, 15) is 0 Å². The first-order valence-electron chi connectivity index (χ1n) is 40.6. The van der Waals surface area contributed by atoms with Gasteiger partial charge in [0.25, 0.3) is 30.4 Å². The van der Waals surface area contributed by atoms with Crippen LogP contribution in [0.4, 0.5) is 0 Å². The Labute approximate surface area is 726 Å². The molecule has 0 fully saturated rings. The number of hydrogen-bond donors (Lipinski definition) is 0. The van der Waals surface area contributed by atoms with Crippen LogP contribution in [0.3, 0.4) is 0 Å². The number of nitrogens with zero attached hydrogens (tertiary/aromatic N) is 17. The van der Waals surface area contributed by atoms with E-state index in [2.05, 4.69) is 182 Å². The molecule has 0 amide bonds. The molecule has 0 unspecified atom stereocenters. The minimum Gasteiger partial charge on any atom is -0.437 e. The van der Waals surface area contributed by atoms with Crippen LogP contribution in [0.2, 0.25) is 0 Å². The van der Waals surface area contributed by atoms with Crippen molar-refractivity contribution in [2.24, 2.45) is 42.3 Å². The number of pyridine rings is 1. The molecule has 27 nitrogen and oxygen atoms in total. The summed E-state index contributed by atoms with van der Waals surface area (Å²) in [5.74, 6) is 4.50. The van der Waals surface area contributed by atoms with Gasteiger partial charge in [-0.25, -0.2) is 38.2 Å². The highest BCUT2D eigenvalue weighted by atomic mass is 32.2. The van der Waals surface area contributed by atoms with Gasteiger partial charge in [0.15, 0.2) is 86.9 Å². The number of benzene rings is 6. The van der Waals surface area contributed by atoms with Crippen LogP contribution >= 0.6 is 22.7 Å². The van der Waals surface area contributed by atoms with Crippen molar-refractivity contribution >= 4 is 154 Å². The molecule has 0 atom stereocenters. The Morgan fingerprint density at radius 2 is 0.683 bits per heavy atom. The average molecular weight is 1710 g/mol. The van der Waals surface area contributed by atoms with Crippen LogP contribution in [0.15, 0.2) is 234 Å². The van der Waals surface area contributed by atoms with Gasteiger partial charge in [-0.2, -0.15) is 19.1 Å². The highest BCUT2D eigenvalue weighted by molar-refractivity contribution is 7.41. The van der Waals surface area contributed by atoms with Gasteiger partial charge in [0, 0.05) is 80.6 Å². The fourth-order valence-corrected chi connectivity index (χ4v) is 18.7. The van der Waals surface area contributed by atoms with E-state index in [-0.39, 0.29) is 0 Å². The van der Waals surface area contributed by atoms with E-state index in [4.69, 9.17) is 44.2 Å². The van der Waals surface area contributed by atoms with Gasteiger partial charge in [-0.05, 0) is 136 Å². The third-order valence-electron chi connectivity index (χ3n) is 22.4. The molecule has 18 aromatic heterocycles. The first-order valence-corrected chi connectivity index (χ1v) is 42.2. The molecular weight excluding hydrogens is 1630 g/mol. The Morgan fingerprint density at radius 1 is 0.278 bits per heavy atom. The highest BCUT2D eigenvalue weighted by Crippen LogP contribution is 2.44. The predicted octanol–water partition coefficient (Wildman–Crippen LogP) is 20.0. The number of rotatable bonds is 6. The first kappa shape index (κ1) is 80.5. The molecule has 6 aromatic carbocycles. The smallest absolute Gasteiger partial charge is 0.319 e. The maximum absolute atomic E-state index is 5.96. The first-order chi connectivity index (χ1) is 60.9. The summed E-state index contributed by atoms with van der Waals surface area (Å²) in [5, 5.41) is 7.25. The van der Waals surface area contributed by atoms with Crippen molar-refractivity contribution in [1.29, 1.82) is 0 Å². The topological polar surface area (TPSA) is 296 Å². The average Bonchev–Trinajstić information content (AvgIpc) is 1.63. The molecule has 18 heterocycles. The molecule has 29 heteroatoms. The van der Waals surface area contributed by atoms with Crippen LogP contribution in [-0.4, -0.2) is 54.8 Å². The van der Waals surface area contributed by atoms with Gasteiger partial charge in [0.2, 0.25) is 28.2 Å². The van der Waals surface area contributed by atoms with E-state index < -0.39 is 0 Å². The zero-order valence-electron chi connectivity index (χ0n) is 72.4. The highest BCUT2D eigenvalue weighted by Gasteiger charge is 2.29. The molecule has 0 saturated heterocycles. The lowest BCUT2D eigenvalue weighted by atomic mass is 10.0. The van der Waals surface area contributed by atoms with Crippen LogP contribution in [0, 0.1) is 83.1 Å². The van der Waals surface area contributed by atoms with Gasteiger partial charge in [0.05, 0.1) is 106 Å². The molecule has 0 aliphatic carbocycles. The normalized spacial score (nSPS) is 11.6. The Balaban J connectivity index is 0.0000000987. The van der Waals surface area contributed by atoms with Gasteiger partial charge < -0.3 is 44.2 Å². The summed E-state index contributed by atoms with van der Waals surface area (Å²) < 4.78 is 72.2. The number of hydrogen-bond acceptors (Lipinski definition) is 23. The molecule has 0 aliphatic heterocycles. The van der Waals surface area contributed by atoms with E-state index in [1.54, 1.807) is 61.3 Å².